The summed E-state index contributed by atoms with van der Waals surface area (Å²) in [7, 11) is 2.16. The molecule has 0 aromatic heterocycles. The number of halogens is 2. The molecular weight excluding hydrogens is 295 g/mol. The van der Waals surface area contributed by atoms with Gasteiger partial charge in [0.25, 0.3) is 0 Å². The zero-order valence-electron chi connectivity index (χ0n) is 11.1. The molecule has 100 valence electrons. The maximum absolute atomic E-state index is 13.3. The van der Waals surface area contributed by atoms with Crippen LogP contribution in [0, 0.1) is 11.7 Å². The summed E-state index contributed by atoms with van der Waals surface area (Å²) in [6.45, 7) is 5.56. The highest BCUT2D eigenvalue weighted by Gasteiger charge is 2.29. The van der Waals surface area contributed by atoms with Crippen LogP contribution >= 0.6 is 15.9 Å². The van der Waals surface area contributed by atoms with Crippen LogP contribution in [-0.2, 0) is 0 Å². The fraction of sp³-hybridized carbons (Fsp3) is 0.571. The molecule has 1 heterocycles. The van der Waals surface area contributed by atoms with Crippen molar-refractivity contribution in [2.75, 3.05) is 18.9 Å². The molecule has 1 aromatic rings. The van der Waals surface area contributed by atoms with E-state index in [1.165, 1.54) is 6.07 Å². The maximum atomic E-state index is 13.3. The minimum Gasteiger partial charge on any atom is -0.381 e. The van der Waals surface area contributed by atoms with Gasteiger partial charge in [0.2, 0.25) is 0 Å². The minimum atomic E-state index is -0.200. The Balaban J connectivity index is 2.11. The molecule has 0 amide bonds. The van der Waals surface area contributed by atoms with Crippen LogP contribution in [0.15, 0.2) is 22.7 Å². The van der Waals surface area contributed by atoms with Gasteiger partial charge in [-0.1, -0.05) is 6.92 Å². The van der Waals surface area contributed by atoms with Gasteiger partial charge in [-0.25, -0.2) is 4.39 Å². The molecular formula is C14H20BrFN2. The first kappa shape index (κ1) is 13.8. The molecule has 18 heavy (non-hydrogen) atoms. The number of hydrogen-bond acceptors (Lipinski definition) is 2. The summed E-state index contributed by atoms with van der Waals surface area (Å²) in [4.78, 5) is 2.38. The fourth-order valence-corrected chi connectivity index (χ4v) is 2.91. The SMILES string of the molecule is CC1CN(C)C(C)CC1Nc1cc(F)ccc1Br. The summed E-state index contributed by atoms with van der Waals surface area (Å²) in [6.07, 6.45) is 1.08. The second-order valence-electron chi connectivity index (χ2n) is 5.38. The lowest BCUT2D eigenvalue weighted by Gasteiger charge is -2.40. The number of nitrogens with zero attached hydrogens (tertiary/aromatic N) is 1. The standard InChI is InChI=1S/C14H20BrFN2/c1-9-8-18(3)10(2)6-13(9)17-14-7-11(16)4-5-12(14)15/h4-5,7,9-10,13,17H,6,8H2,1-3H3. The Bertz CT molecular complexity index is 424. The number of anilines is 1. The lowest BCUT2D eigenvalue weighted by Crippen LogP contribution is -2.48. The van der Waals surface area contributed by atoms with E-state index in [4.69, 9.17) is 0 Å². The van der Waals surface area contributed by atoms with Crippen molar-refractivity contribution in [2.45, 2.75) is 32.4 Å². The van der Waals surface area contributed by atoms with E-state index in [1.54, 1.807) is 12.1 Å². The summed E-state index contributed by atoms with van der Waals surface area (Å²) in [5.41, 5.74) is 0.851. The van der Waals surface area contributed by atoms with Crippen molar-refractivity contribution in [1.82, 2.24) is 4.90 Å². The summed E-state index contributed by atoms with van der Waals surface area (Å²) >= 11 is 3.46. The van der Waals surface area contributed by atoms with Crippen LogP contribution in [0.25, 0.3) is 0 Å². The van der Waals surface area contributed by atoms with Crippen molar-refractivity contribution in [3.05, 3.63) is 28.5 Å². The van der Waals surface area contributed by atoms with Crippen molar-refractivity contribution >= 4 is 21.6 Å². The number of benzene rings is 1. The fourth-order valence-electron chi connectivity index (χ4n) is 2.55. The van der Waals surface area contributed by atoms with Crippen LogP contribution < -0.4 is 5.32 Å². The van der Waals surface area contributed by atoms with E-state index in [2.05, 4.69) is 47.0 Å². The van der Waals surface area contributed by atoms with Gasteiger partial charge in [-0.15, -0.1) is 0 Å². The van der Waals surface area contributed by atoms with Gasteiger partial charge in [0.05, 0.1) is 5.69 Å². The topological polar surface area (TPSA) is 15.3 Å². The summed E-state index contributed by atoms with van der Waals surface area (Å²) in [5.74, 6) is 0.357. The van der Waals surface area contributed by atoms with E-state index in [1.807, 2.05) is 0 Å². The number of rotatable bonds is 2. The zero-order valence-corrected chi connectivity index (χ0v) is 12.7. The Morgan fingerprint density at radius 3 is 2.83 bits per heavy atom. The third-order valence-corrected chi connectivity index (χ3v) is 4.57. The smallest absolute Gasteiger partial charge is 0.125 e. The molecule has 4 heteroatoms. The molecule has 1 aliphatic rings. The zero-order chi connectivity index (χ0) is 13.3. The van der Waals surface area contributed by atoms with Crippen molar-refractivity contribution in [3.63, 3.8) is 0 Å². The number of likely N-dealkylation sites (tertiary alicyclic amines) is 1. The molecule has 0 aliphatic carbocycles. The number of hydrogen-bond donors (Lipinski definition) is 1. The molecule has 1 aromatic carbocycles. The highest BCUT2D eigenvalue weighted by atomic mass is 79.9. The third-order valence-electron chi connectivity index (χ3n) is 3.88. The number of nitrogens with one attached hydrogen (secondary N) is 1. The van der Waals surface area contributed by atoms with Crippen molar-refractivity contribution in [1.29, 1.82) is 0 Å². The van der Waals surface area contributed by atoms with Crippen LogP contribution in [-0.4, -0.2) is 30.6 Å². The van der Waals surface area contributed by atoms with Gasteiger partial charge in [-0.05, 0) is 60.4 Å². The maximum Gasteiger partial charge on any atom is 0.125 e. The summed E-state index contributed by atoms with van der Waals surface area (Å²) in [5, 5.41) is 3.48. The Morgan fingerprint density at radius 1 is 1.39 bits per heavy atom. The monoisotopic (exact) mass is 314 g/mol. The van der Waals surface area contributed by atoms with Gasteiger partial charge in [-0.3, -0.25) is 0 Å². The Morgan fingerprint density at radius 2 is 2.11 bits per heavy atom. The molecule has 0 saturated carbocycles. The first-order valence-electron chi connectivity index (χ1n) is 6.39. The van der Waals surface area contributed by atoms with E-state index < -0.39 is 0 Å². The van der Waals surface area contributed by atoms with Crippen molar-refractivity contribution in [3.8, 4) is 0 Å². The molecule has 2 nitrogen and oxygen atoms in total. The molecule has 0 bridgehead atoms. The first-order valence-corrected chi connectivity index (χ1v) is 7.18. The highest BCUT2D eigenvalue weighted by molar-refractivity contribution is 9.10. The molecule has 1 N–H and O–H groups in total. The highest BCUT2D eigenvalue weighted by Crippen LogP contribution is 2.28. The molecule has 1 saturated heterocycles. The van der Waals surface area contributed by atoms with E-state index in [0.717, 1.165) is 23.1 Å². The van der Waals surface area contributed by atoms with Gasteiger partial charge in [-0.2, -0.15) is 0 Å². The van der Waals surface area contributed by atoms with Crippen molar-refractivity contribution < 1.29 is 4.39 Å². The van der Waals surface area contributed by atoms with Crippen LogP contribution in [0.1, 0.15) is 20.3 Å². The second-order valence-corrected chi connectivity index (χ2v) is 6.23. The first-order chi connectivity index (χ1) is 8.47. The van der Waals surface area contributed by atoms with Crippen LogP contribution in [0.4, 0.5) is 10.1 Å². The third kappa shape index (κ3) is 3.04. The summed E-state index contributed by atoms with van der Waals surface area (Å²) in [6, 6.07) is 5.73. The molecule has 3 unspecified atom stereocenters. The van der Waals surface area contributed by atoms with Gasteiger partial charge >= 0.3 is 0 Å². The lowest BCUT2D eigenvalue weighted by atomic mass is 9.89. The molecule has 0 radical (unpaired) electrons. The molecule has 1 aliphatic heterocycles. The molecule has 3 atom stereocenters. The van der Waals surface area contributed by atoms with Crippen LogP contribution in [0.5, 0.6) is 0 Å². The van der Waals surface area contributed by atoms with E-state index in [0.29, 0.717) is 18.0 Å². The molecule has 2 rings (SSSR count). The predicted octanol–water partition coefficient (Wildman–Crippen LogP) is 3.73. The van der Waals surface area contributed by atoms with E-state index in [-0.39, 0.29) is 5.82 Å². The molecule has 1 fully saturated rings. The quantitative estimate of drug-likeness (QED) is 0.894. The van der Waals surface area contributed by atoms with Gasteiger partial charge in [0, 0.05) is 23.1 Å². The summed E-state index contributed by atoms with van der Waals surface area (Å²) < 4.78 is 14.2. The largest absolute Gasteiger partial charge is 0.381 e. The normalized spacial score (nSPS) is 29.3. The van der Waals surface area contributed by atoms with E-state index >= 15 is 0 Å². The van der Waals surface area contributed by atoms with Crippen LogP contribution in [0.3, 0.4) is 0 Å². The average Bonchev–Trinajstić information content (AvgIpc) is 2.30. The van der Waals surface area contributed by atoms with Gasteiger partial charge < -0.3 is 10.2 Å². The van der Waals surface area contributed by atoms with Gasteiger partial charge in [0.1, 0.15) is 5.82 Å². The average molecular weight is 315 g/mol. The van der Waals surface area contributed by atoms with E-state index in [9.17, 15) is 4.39 Å². The Hall–Kier alpha value is -0.610. The van der Waals surface area contributed by atoms with Crippen molar-refractivity contribution in [2.24, 2.45) is 5.92 Å². The van der Waals surface area contributed by atoms with Crippen LogP contribution in [0.2, 0.25) is 0 Å². The second kappa shape index (κ2) is 5.57. The Kier molecular flexibility index (Phi) is 4.28. The predicted molar refractivity (Wildman–Crippen MR) is 77.4 cm³/mol. The van der Waals surface area contributed by atoms with Gasteiger partial charge in [0.15, 0.2) is 0 Å². The number of piperidine rings is 1. The molecule has 0 spiro atoms. The Labute approximate surface area is 117 Å². The lowest BCUT2D eigenvalue weighted by molar-refractivity contribution is 0.145. The minimum absolute atomic E-state index is 0.200.